The summed E-state index contributed by atoms with van der Waals surface area (Å²) in [6.45, 7) is 4.29. The average molecular weight is 423 g/mol. The van der Waals surface area contributed by atoms with Gasteiger partial charge in [-0.05, 0) is 30.1 Å². The highest BCUT2D eigenvalue weighted by Gasteiger charge is 2.71. The molecule has 0 N–H and O–H groups in total. The van der Waals surface area contributed by atoms with E-state index in [0.29, 0.717) is 6.54 Å². The maximum atomic E-state index is 14.2. The van der Waals surface area contributed by atoms with Gasteiger partial charge in [0.25, 0.3) is 0 Å². The van der Waals surface area contributed by atoms with E-state index in [1.54, 1.807) is 39.4 Å². The number of rotatable bonds is 2. The Hall–Kier alpha value is -2.18. The molecule has 29 heavy (non-hydrogen) atoms. The van der Waals surface area contributed by atoms with Crippen molar-refractivity contribution < 1.29 is 9.59 Å². The highest BCUT2D eigenvalue weighted by atomic mass is 32.2. The van der Waals surface area contributed by atoms with Gasteiger partial charge in [-0.3, -0.25) is 9.59 Å². The minimum absolute atomic E-state index is 0.00158. The topological polar surface area (TPSA) is 40.6 Å². The average Bonchev–Trinajstić information content (AvgIpc) is 3.01. The lowest BCUT2D eigenvalue weighted by molar-refractivity contribution is -0.127. The molecular formula is C23H22N2O2S2. The number of likely N-dealkylation sites (N-methyl/N-ethyl adjacent to an activating group) is 1. The van der Waals surface area contributed by atoms with E-state index in [2.05, 4.69) is 6.58 Å². The minimum Gasteiger partial charge on any atom is -0.314 e. The van der Waals surface area contributed by atoms with E-state index in [1.807, 2.05) is 55.6 Å². The summed E-state index contributed by atoms with van der Waals surface area (Å²) in [5.74, 6) is 1.69. The quantitative estimate of drug-likeness (QED) is 0.682. The van der Waals surface area contributed by atoms with Gasteiger partial charge in [0.2, 0.25) is 11.8 Å². The molecular weight excluding hydrogens is 400 g/mol. The van der Waals surface area contributed by atoms with Crippen molar-refractivity contribution in [1.29, 1.82) is 0 Å². The molecule has 5 rings (SSSR count). The molecule has 2 atom stereocenters. The smallest absolute Gasteiger partial charge is 0.250 e. The van der Waals surface area contributed by atoms with E-state index in [0.717, 1.165) is 40.4 Å². The van der Waals surface area contributed by atoms with Crippen LogP contribution in [0.1, 0.15) is 17.5 Å². The van der Waals surface area contributed by atoms with Crippen molar-refractivity contribution >= 4 is 46.7 Å². The van der Waals surface area contributed by atoms with Crippen molar-refractivity contribution in [3.05, 3.63) is 72.3 Å². The van der Waals surface area contributed by atoms with Gasteiger partial charge in [0, 0.05) is 36.1 Å². The third kappa shape index (κ3) is 2.19. The first-order valence-electron chi connectivity index (χ1n) is 9.77. The Bertz CT molecular complexity index is 1040. The maximum Gasteiger partial charge on any atom is 0.250 e. The van der Waals surface area contributed by atoms with E-state index >= 15 is 0 Å². The molecule has 4 nitrogen and oxygen atoms in total. The molecule has 3 aliphatic rings. The van der Waals surface area contributed by atoms with Crippen molar-refractivity contribution in [2.45, 2.75) is 15.9 Å². The zero-order chi connectivity index (χ0) is 20.2. The highest BCUT2D eigenvalue weighted by Crippen LogP contribution is 2.68. The minimum atomic E-state index is -0.980. The van der Waals surface area contributed by atoms with Crippen LogP contribution in [0.25, 0.3) is 0 Å². The molecule has 1 fully saturated rings. The largest absolute Gasteiger partial charge is 0.314 e. The fourth-order valence-electron chi connectivity index (χ4n) is 4.93. The number of amides is 2. The summed E-state index contributed by atoms with van der Waals surface area (Å²) < 4.78 is -1.95. The van der Waals surface area contributed by atoms with Crippen molar-refractivity contribution in [2.75, 3.05) is 34.9 Å². The number of anilines is 2. The van der Waals surface area contributed by atoms with Crippen molar-refractivity contribution in [3.8, 4) is 0 Å². The van der Waals surface area contributed by atoms with Gasteiger partial charge in [-0.25, -0.2) is 0 Å². The van der Waals surface area contributed by atoms with Crippen LogP contribution in [0.4, 0.5) is 11.4 Å². The number of nitrogens with zero attached hydrogens (tertiary/aromatic N) is 2. The Morgan fingerprint density at radius 1 is 0.931 bits per heavy atom. The van der Waals surface area contributed by atoms with E-state index < -0.39 is 9.49 Å². The second-order valence-corrected chi connectivity index (χ2v) is 10.1. The molecule has 0 bridgehead atoms. The Balaban J connectivity index is 1.87. The number of hydrogen-bond acceptors (Lipinski definition) is 4. The predicted molar refractivity (Wildman–Crippen MR) is 122 cm³/mol. The predicted octanol–water partition coefficient (Wildman–Crippen LogP) is 4.16. The number of benzene rings is 2. The first kappa shape index (κ1) is 18.8. The lowest BCUT2D eigenvalue weighted by Gasteiger charge is -2.42. The second kappa shape index (κ2) is 6.67. The highest BCUT2D eigenvalue weighted by molar-refractivity contribution is 8.06. The van der Waals surface area contributed by atoms with Gasteiger partial charge in [-0.15, -0.1) is 30.1 Å². The third-order valence-electron chi connectivity index (χ3n) is 6.10. The summed E-state index contributed by atoms with van der Waals surface area (Å²) in [6.07, 6.45) is 2.72. The van der Waals surface area contributed by atoms with Gasteiger partial charge in [0.15, 0.2) is 0 Å². The van der Waals surface area contributed by atoms with Crippen LogP contribution in [0.2, 0.25) is 0 Å². The number of para-hydroxylation sites is 2. The second-order valence-electron chi connectivity index (χ2n) is 7.52. The molecule has 3 aliphatic heterocycles. The first-order chi connectivity index (χ1) is 14.1. The van der Waals surface area contributed by atoms with Gasteiger partial charge in [0.05, 0.1) is 0 Å². The van der Waals surface area contributed by atoms with E-state index in [1.165, 1.54) is 0 Å². The van der Waals surface area contributed by atoms with Crippen molar-refractivity contribution in [3.63, 3.8) is 0 Å². The Labute approximate surface area is 179 Å². The van der Waals surface area contributed by atoms with Gasteiger partial charge in [-0.1, -0.05) is 42.5 Å². The zero-order valence-corrected chi connectivity index (χ0v) is 17.9. The van der Waals surface area contributed by atoms with Crippen LogP contribution in [0.3, 0.4) is 0 Å². The molecule has 0 radical (unpaired) electrons. The van der Waals surface area contributed by atoms with Gasteiger partial charge in [-0.2, -0.15) is 0 Å². The van der Waals surface area contributed by atoms with Crippen LogP contribution >= 0.6 is 23.5 Å². The Kier molecular flexibility index (Phi) is 4.33. The number of fused-ring (bicyclic) bond motifs is 5. The van der Waals surface area contributed by atoms with E-state index in [-0.39, 0.29) is 11.8 Å². The Morgan fingerprint density at radius 3 is 2.14 bits per heavy atom. The van der Waals surface area contributed by atoms with E-state index in [4.69, 9.17) is 0 Å². The van der Waals surface area contributed by atoms with Crippen LogP contribution in [0.15, 0.2) is 61.2 Å². The van der Waals surface area contributed by atoms with Gasteiger partial charge in [0.1, 0.15) is 9.49 Å². The van der Waals surface area contributed by atoms with Crippen LogP contribution in [0, 0.1) is 0 Å². The van der Waals surface area contributed by atoms with Crippen molar-refractivity contribution in [2.24, 2.45) is 0 Å². The molecule has 2 amide bonds. The number of hydrogen-bond donors (Lipinski definition) is 0. The van der Waals surface area contributed by atoms with E-state index in [9.17, 15) is 9.59 Å². The molecule has 2 aromatic carbocycles. The third-order valence-corrected chi connectivity index (χ3v) is 9.49. The SMILES string of the molecule is C=CCN1C(=O)[C@]2(SCCCS[C@]23C(=O)N(C)c2ccccc23)c2ccccc21. The van der Waals surface area contributed by atoms with Gasteiger partial charge >= 0.3 is 0 Å². The number of carbonyl (C=O) groups is 2. The van der Waals surface area contributed by atoms with Crippen molar-refractivity contribution in [1.82, 2.24) is 0 Å². The summed E-state index contributed by atoms with van der Waals surface area (Å²) in [6, 6.07) is 15.9. The molecule has 0 saturated carbocycles. The molecule has 3 heterocycles. The van der Waals surface area contributed by atoms with Crippen LogP contribution in [-0.2, 0) is 19.1 Å². The molecule has 2 spiro atoms. The molecule has 0 unspecified atom stereocenters. The normalized spacial score (nSPS) is 28.0. The standard InChI is InChI=1S/C23H22N2O2S2/c1-3-13-25-19-12-7-5-10-17(19)23(21(25)27)22(28-14-8-15-29-23)16-9-4-6-11-18(16)24(2)20(22)26/h3-7,9-12H,1,8,13-15H2,2H3/t22-,23-/m1/s1. The zero-order valence-electron chi connectivity index (χ0n) is 16.3. The summed E-state index contributed by atoms with van der Waals surface area (Å²) >= 11 is 3.29. The molecule has 0 aliphatic carbocycles. The molecule has 1 saturated heterocycles. The maximum absolute atomic E-state index is 14.2. The number of thioether (sulfide) groups is 2. The fraction of sp³-hybridized carbons (Fsp3) is 0.304. The first-order valence-corrected chi connectivity index (χ1v) is 11.7. The summed E-state index contributed by atoms with van der Waals surface area (Å²) in [5.41, 5.74) is 3.70. The Morgan fingerprint density at radius 2 is 1.48 bits per heavy atom. The molecule has 2 aromatic rings. The van der Waals surface area contributed by atoms with Gasteiger partial charge < -0.3 is 9.80 Å². The summed E-state index contributed by atoms with van der Waals surface area (Å²) in [5, 5.41) is 0. The summed E-state index contributed by atoms with van der Waals surface area (Å²) in [4.78, 5) is 31.7. The fourth-order valence-corrected chi connectivity index (χ4v) is 8.61. The monoisotopic (exact) mass is 422 g/mol. The van der Waals surface area contributed by atoms with Crippen LogP contribution in [0.5, 0.6) is 0 Å². The van der Waals surface area contributed by atoms with Crippen LogP contribution < -0.4 is 9.80 Å². The summed E-state index contributed by atoms with van der Waals surface area (Å²) in [7, 11) is 1.83. The molecule has 148 valence electrons. The molecule has 0 aromatic heterocycles. The lowest BCUT2D eigenvalue weighted by Crippen LogP contribution is -2.56. The molecule has 6 heteroatoms. The van der Waals surface area contributed by atoms with Crippen LogP contribution in [-0.4, -0.2) is 36.9 Å². The lowest BCUT2D eigenvalue weighted by atomic mass is 9.80. The number of carbonyl (C=O) groups excluding carboxylic acids is 2.